The molecule has 1 rings (SSSR count). The van der Waals surface area contributed by atoms with Crippen LogP contribution >= 0.6 is 0 Å². The number of hydrogen-bond acceptors (Lipinski definition) is 3. The van der Waals surface area contributed by atoms with Crippen molar-refractivity contribution in [2.45, 2.75) is 71.6 Å². The van der Waals surface area contributed by atoms with Crippen molar-refractivity contribution in [1.82, 2.24) is 5.32 Å². The SMILES string of the molecule is CC.CC(C)(C)OC(=O)NC1CCC(N)C1. The van der Waals surface area contributed by atoms with E-state index < -0.39 is 5.60 Å². The van der Waals surface area contributed by atoms with E-state index in [1.54, 1.807) is 0 Å². The van der Waals surface area contributed by atoms with Crippen molar-refractivity contribution < 1.29 is 9.53 Å². The molecule has 0 bridgehead atoms. The van der Waals surface area contributed by atoms with Crippen LogP contribution in [0.15, 0.2) is 0 Å². The average molecular weight is 230 g/mol. The fraction of sp³-hybridized carbons (Fsp3) is 0.917. The van der Waals surface area contributed by atoms with E-state index >= 15 is 0 Å². The Kier molecular flexibility index (Phi) is 6.41. The zero-order chi connectivity index (χ0) is 12.8. The zero-order valence-electron chi connectivity index (χ0n) is 11.2. The van der Waals surface area contributed by atoms with E-state index in [1.807, 2.05) is 34.6 Å². The first-order valence-corrected chi connectivity index (χ1v) is 6.12. The summed E-state index contributed by atoms with van der Waals surface area (Å²) in [6, 6.07) is 0.426. The Balaban J connectivity index is 0.00000106. The molecule has 0 aromatic heterocycles. The molecule has 1 saturated carbocycles. The molecule has 0 heterocycles. The minimum Gasteiger partial charge on any atom is -0.444 e. The highest BCUT2D eigenvalue weighted by Gasteiger charge is 2.25. The van der Waals surface area contributed by atoms with E-state index in [2.05, 4.69) is 5.32 Å². The van der Waals surface area contributed by atoms with Crippen LogP contribution in [0.25, 0.3) is 0 Å². The van der Waals surface area contributed by atoms with E-state index in [1.165, 1.54) is 0 Å². The Labute approximate surface area is 98.9 Å². The van der Waals surface area contributed by atoms with Crippen molar-refractivity contribution in [2.24, 2.45) is 5.73 Å². The molecule has 4 nitrogen and oxygen atoms in total. The van der Waals surface area contributed by atoms with Gasteiger partial charge in [-0.15, -0.1) is 0 Å². The normalized spacial score (nSPS) is 24.4. The summed E-state index contributed by atoms with van der Waals surface area (Å²) in [4.78, 5) is 11.3. The highest BCUT2D eigenvalue weighted by molar-refractivity contribution is 5.68. The summed E-state index contributed by atoms with van der Waals surface area (Å²) in [6.07, 6.45) is 2.47. The number of ether oxygens (including phenoxy) is 1. The monoisotopic (exact) mass is 230 g/mol. The summed E-state index contributed by atoms with van der Waals surface area (Å²) in [5.74, 6) is 0. The number of nitrogens with one attached hydrogen (secondary N) is 1. The maximum absolute atomic E-state index is 11.3. The number of nitrogens with two attached hydrogens (primary N) is 1. The van der Waals surface area contributed by atoms with Gasteiger partial charge in [0.1, 0.15) is 5.60 Å². The van der Waals surface area contributed by atoms with Gasteiger partial charge in [0.25, 0.3) is 0 Å². The van der Waals surface area contributed by atoms with E-state index in [0.29, 0.717) is 0 Å². The molecule has 0 saturated heterocycles. The van der Waals surface area contributed by atoms with Gasteiger partial charge in [-0.1, -0.05) is 13.8 Å². The maximum Gasteiger partial charge on any atom is 0.407 e. The minimum absolute atomic E-state index is 0.194. The topological polar surface area (TPSA) is 64.3 Å². The second kappa shape index (κ2) is 6.74. The number of amides is 1. The second-order valence-electron chi connectivity index (χ2n) is 4.92. The van der Waals surface area contributed by atoms with Crippen LogP contribution in [0.3, 0.4) is 0 Å². The highest BCUT2D eigenvalue weighted by Crippen LogP contribution is 2.17. The third-order valence-electron chi connectivity index (χ3n) is 2.19. The molecular formula is C12H26N2O2. The van der Waals surface area contributed by atoms with Crippen molar-refractivity contribution in [3.05, 3.63) is 0 Å². The molecule has 1 fully saturated rings. The predicted octanol–water partition coefficient (Wildman–Crippen LogP) is 2.42. The van der Waals surface area contributed by atoms with Gasteiger partial charge in [0.05, 0.1) is 0 Å². The lowest BCUT2D eigenvalue weighted by Gasteiger charge is -2.21. The van der Waals surface area contributed by atoms with Gasteiger partial charge in [0.15, 0.2) is 0 Å². The lowest BCUT2D eigenvalue weighted by atomic mass is 10.2. The first-order valence-electron chi connectivity index (χ1n) is 6.12. The number of alkyl carbamates (subject to hydrolysis) is 1. The molecule has 0 aromatic carbocycles. The smallest absolute Gasteiger partial charge is 0.407 e. The van der Waals surface area contributed by atoms with Gasteiger partial charge >= 0.3 is 6.09 Å². The largest absolute Gasteiger partial charge is 0.444 e. The van der Waals surface area contributed by atoms with Gasteiger partial charge in [-0.25, -0.2) is 4.79 Å². The van der Waals surface area contributed by atoms with Crippen molar-refractivity contribution in [1.29, 1.82) is 0 Å². The minimum atomic E-state index is -0.426. The van der Waals surface area contributed by atoms with Crippen LogP contribution in [0.5, 0.6) is 0 Å². The standard InChI is InChI=1S/C10H20N2O2.C2H6/c1-10(2,3)14-9(13)12-8-5-4-7(11)6-8;1-2/h7-8H,4-6,11H2,1-3H3,(H,12,13);1-2H3. The molecular weight excluding hydrogens is 204 g/mol. The van der Waals surface area contributed by atoms with Crippen LogP contribution < -0.4 is 11.1 Å². The molecule has 0 aromatic rings. The fourth-order valence-corrected chi connectivity index (χ4v) is 1.62. The molecule has 2 unspecified atom stereocenters. The number of carbonyl (C=O) groups excluding carboxylic acids is 1. The van der Waals surface area contributed by atoms with Crippen molar-refractivity contribution in [3.63, 3.8) is 0 Å². The van der Waals surface area contributed by atoms with Crippen molar-refractivity contribution in [3.8, 4) is 0 Å². The summed E-state index contributed by atoms with van der Waals surface area (Å²) in [7, 11) is 0. The molecule has 1 amide bonds. The number of rotatable bonds is 1. The van der Waals surface area contributed by atoms with E-state index in [9.17, 15) is 4.79 Å². The Hall–Kier alpha value is -0.770. The molecule has 16 heavy (non-hydrogen) atoms. The summed E-state index contributed by atoms with van der Waals surface area (Å²) >= 11 is 0. The Morgan fingerprint density at radius 3 is 2.25 bits per heavy atom. The molecule has 0 aliphatic heterocycles. The predicted molar refractivity (Wildman–Crippen MR) is 66.3 cm³/mol. The van der Waals surface area contributed by atoms with E-state index in [4.69, 9.17) is 10.5 Å². The Morgan fingerprint density at radius 2 is 1.88 bits per heavy atom. The summed E-state index contributed by atoms with van der Waals surface area (Å²) in [5, 5.41) is 2.82. The third kappa shape index (κ3) is 6.67. The quantitative estimate of drug-likeness (QED) is 0.727. The second-order valence-corrected chi connectivity index (χ2v) is 4.92. The molecule has 3 N–H and O–H groups in total. The van der Waals surface area contributed by atoms with Crippen LogP contribution in [-0.2, 0) is 4.74 Å². The third-order valence-corrected chi connectivity index (χ3v) is 2.19. The lowest BCUT2D eigenvalue weighted by molar-refractivity contribution is 0.0505. The van der Waals surface area contributed by atoms with Gasteiger partial charge in [0.2, 0.25) is 0 Å². The molecule has 0 radical (unpaired) electrons. The number of hydrogen-bond donors (Lipinski definition) is 2. The van der Waals surface area contributed by atoms with Crippen LogP contribution in [0.4, 0.5) is 4.79 Å². The first kappa shape index (κ1) is 15.2. The van der Waals surface area contributed by atoms with Crippen LogP contribution in [0, 0.1) is 0 Å². The van der Waals surface area contributed by atoms with Gasteiger partial charge < -0.3 is 15.8 Å². The van der Waals surface area contributed by atoms with Gasteiger partial charge in [0, 0.05) is 12.1 Å². The zero-order valence-corrected chi connectivity index (χ0v) is 11.2. The summed E-state index contributed by atoms with van der Waals surface area (Å²) in [6.45, 7) is 9.56. The molecule has 2 atom stereocenters. The average Bonchev–Trinajstić information content (AvgIpc) is 2.51. The molecule has 4 heteroatoms. The van der Waals surface area contributed by atoms with E-state index in [-0.39, 0.29) is 18.2 Å². The van der Waals surface area contributed by atoms with Gasteiger partial charge in [-0.2, -0.15) is 0 Å². The van der Waals surface area contributed by atoms with Gasteiger partial charge in [-0.3, -0.25) is 0 Å². The van der Waals surface area contributed by atoms with Crippen molar-refractivity contribution >= 4 is 6.09 Å². The van der Waals surface area contributed by atoms with E-state index in [0.717, 1.165) is 19.3 Å². The molecule has 0 spiro atoms. The lowest BCUT2D eigenvalue weighted by Crippen LogP contribution is -2.38. The van der Waals surface area contributed by atoms with Crippen LogP contribution in [0.2, 0.25) is 0 Å². The number of carbonyl (C=O) groups is 1. The molecule has 96 valence electrons. The van der Waals surface area contributed by atoms with Crippen molar-refractivity contribution in [2.75, 3.05) is 0 Å². The molecule has 1 aliphatic rings. The van der Waals surface area contributed by atoms with Crippen LogP contribution in [0.1, 0.15) is 53.9 Å². The fourth-order valence-electron chi connectivity index (χ4n) is 1.62. The van der Waals surface area contributed by atoms with Crippen LogP contribution in [-0.4, -0.2) is 23.8 Å². The first-order chi connectivity index (χ1) is 7.37. The molecule has 1 aliphatic carbocycles. The Morgan fingerprint density at radius 1 is 1.31 bits per heavy atom. The summed E-state index contributed by atoms with van der Waals surface area (Å²) < 4.78 is 5.14. The Bertz CT molecular complexity index is 212. The van der Waals surface area contributed by atoms with Gasteiger partial charge in [-0.05, 0) is 40.0 Å². The summed E-state index contributed by atoms with van der Waals surface area (Å²) in [5.41, 5.74) is 5.31. The maximum atomic E-state index is 11.3. The highest BCUT2D eigenvalue weighted by atomic mass is 16.6.